The van der Waals surface area contributed by atoms with Crippen molar-refractivity contribution < 1.29 is 4.52 Å². The predicted molar refractivity (Wildman–Crippen MR) is 67.2 cm³/mol. The molecule has 0 saturated carbocycles. The smallest absolute Gasteiger partial charge is 0.268 e. The monoisotopic (exact) mass is 249 g/mol. The summed E-state index contributed by atoms with van der Waals surface area (Å²) in [6.07, 6.45) is 2.34. The van der Waals surface area contributed by atoms with Crippen molar-refractivity contribution in [2.24, 2.45) is 0 Å². The fraction of sp³-hybridized carbons (Fsp3) is 0.500. The number of nitrogens with zero attached hydrogens (tertiary/aromatic N) is 2. The number of nitrogens with one attached hydrogen (secondary N) is 1. The van der Waals surface area contributed by atoms with Crippen LogP contribution in [0.25, 0.3) is 10.8 Å². The number of aryl methyl sites for hydroxylation is 1. The van der Waals surface area contributed by atoms with E-state index < -0.39 is 0 Å². The SMILES string of the molecule is Cc1ccc(-c2nc(C3CCCNC3)no2)s1. The van der Waals surface area contributed by atoms with Crippen molar-refractivity contribution in [3.8, 4) is 10.8 Å². The molecule has 0 aliphatic carbocycles. The first-order chi connectivity index (χ1) is 8.33. The molecule has 3 rings (SSSR count). The van der Waals surface area contributed by atoms with Crippen LogP contribution in [0.4, 0.5) is 0 Å². The highest BCUT2D eigenvalue weighted by Crippen LogP contribution is 2.28. The second-order valence-corrected chi connectivity index (χ2v) is 5.70. The second kappa shape index (κ2) is 4.58. The average Bonchev–Trinajstić information content (AvgIpc) is 2.98. The standard InChI is InChI=1S/C12H15N3OS/c1-8-4-5-10(17-8)12-14-11(15-16-12)9-3-2-6-13-7-9/h4-5,9,13H,2-3,6-7H2,1H3. The molecule has 2 aromatic rings. The van der Waals surface area contributed by atoms with Gasteiger partial charge in [-0.3, -0.25) is 0 Å². The Balaban J connectivity index is 1.82. The molecule has 0 aromatic carbocycles. The molecule has 1 aliphatic rings. The van der Waals surface area contributed by atoms with Gasteiger partial charge in [0.25, 0.3) is 5.89 Å². The molecule has 90 valence electrons. The van der Waals surface area contributed by atoms with Crippen LogP contribution in [0.5, 0.6) is 0 Å². The molecule has 1 unspecified atom stereocenters. The Bertz CT molecular complexity index is 499. The molecule has 5 heteroatoms. The van der Waals surface area contributed by atoms with E-state index in [0.717, 1.165) is 30.2 Å². The van der Waals surface area contributed by atoms with E-state index >= 15 is 0 Å². The van der Waals surface area contributed by atoms with Crippen molar-refractivity contribution in [2.45, 2.75) is 25.7 Å². The van der Waals surface area contributed by atoms with Crippen LogP contribution in [0.2, 0.25) is 0 Å². The maximum absolute atomic E-state index is 5.34. The molecule has 4 nitrogen and oxygen atoms in total. The zero-order valence-corrected chi connectivity index (χ0v) is 10.6. The molecular weight excluding hydrogens is 234 g/mol. The van der Waals surface area contributed by atoms with Gasteiger partial charge in [-0.25, -0.2) is 0 Å². The molecule has 0 amide bonds. The van der Waals surface area contributed by atoms with Crippen molar-refractivity contribution in [2.75, 3.05) is 13.1 Å². The Labute approximate surface area is 104 Å². The zero-order valence-electron chi connectivity index (χ0n) is 9.77. The van der Waals surface area contributed by atoms with Gasteiger partial charge in [0.05, 0.1) is 4.88 Å². The minimum absolute atomic E-state index is 0.405. The largest absolute Gasteiger partial charge is 0.333 e. The van der Waals surface area contributed by atoms with Gasteiger partial charge in [0.2, 0.25) is 0 Å². The van der Waals surface area contributed by atoms with Gasteiger partial charge in [-0.2, -0.15) is 4.98 Å². The molecule has 0 spiro atoms. The summed E-state index contributed by atoms with van der Waals surface area (Å²) in [7, 11) is 0. The third kappa shape index (κ3) is 2.25. The average molecular weight is 249 g/mol. The third-order valence-corrected chi connectivity index (χ3v) is 4.04. The molecule has 1 fully saturated rings. The summed E-state index contributed by atoms with van der Waals surface area (Å²) in [4.78, 5) is 6.83. The van der Waals surface area contributed by atoms with E-state index in [4.69, 9.17) is 4.52 Å². The summed E-state index contributed by atoms with van der Waals surface area (Å²) in [5, 5.41) is 7.47. The highest BCUT2D eigenvalue weighted by Gasteiger charge is 2.21. The van der Waals surface area contributed by atoms with Crippen molar-refractivity contribution in [1.29, 1.82) is 0 Å². The fourth-order valence-corrected chi connectivity index (χ4v) is 2.91. The van der Waals surface area contributed by atoms with Crippen LogP contribution in [-0.2, 0) is 0 Å². The molecule has 1 atom stereocenters. The van der Waals surface area contributed by atoms with Gasteiger partial charge in [-0.15, -0.1) is 11.3 Å². The lowest BCUT2D eigenvalue weighted by Crippen LogP contribution is -2.28. The molecule has 1 aliphatic heterocycles. The van der Waals surface area contributed by atoms with Gasteiger partial charge < -0.3 is 9.84 Å². The van der Waals surface area contributed by atoms with Crippen LogP contribution in [0.1, 0.15) is 29.5 Å². The predicted octanol–water partition coefficient (Wildman–Crippen LogP) is 2.57. The lowest BCUT2D eigenvalue weighted by atomic mass is 9.99. The first-order valence-corrected chi connectivity index (χ1v) is 6.76. The maximum Gasteiger partial charge on any atom is 0.268 e. The van der Waals surface area contributed by atoms with Crippen LogP contribution in [-0.4, -0.2) is 23.2 Å². The molecule has 17 heavy (non-hydrogen) atoms. The molecule has 0 bridgehead atoms. The van der Waals surface area contributed by atoms with E-state index in [2.05, 4.69) is 28.4 Å². The Kier molecular flexibility index (Phi) is 2.94. The normalized spacial score (nSPS) is 20.6. The van der Waals surface area contributed by atoms with Gasteiger partial charge in [0.15, 0.2) is 5.82 Å². The summed E-state index contributed by atoms with van der Waals surface area (Å²) >= 11 is 1.69. The highest BCUT2D eigenvalue weighted by molar-refractivity contribution is 7.15. The maximum atomic E-state index is 5.34. The summed E-state index contributed by atoms with van der Waals surface area (Å²) < 4.78 is 5.34. The van der Waals surface area contributed by atoms with E-state index in [1.54, 1.807) is 11.3 Å². The molecule has 1 N–H and O–H groups in total. The van der Waals surface area contributed by atoms with Gasteiger partial charge in [0.1, 0.15) is 0 Å². The summed E-state index contributed by atoms with van der Waals surface area (Å²) in [5.41, 5.74) is 0. The molecular formula is C12H15N3OS. The summed E-state index contributed by atoms with van der Waals surface area (Å²) in [5.74, 6) is 1.91. The summed E-state index contributed by atoms with van der Waals surface area (Å²) in [6, 6.07) is 4.11. The van der Waals surface area contributed by atoms with Crippen LogP contribution in [0.3, 0.4) is 0 Å². The van der Waals surface area contributed by atoms with Crippen molar-refractivity contribution in [3.63, 3.8) is 0 Å². The molecule has 3 heterocycles. The molecule has 0 radical (unpaired) electrons. The van der Waals surface area contributed by atoms with Crippen molar-refractivity contribution in [3.05, 3.63) is 22.8 Å². The Morgan fingerprint density at radius 1 is 1.47 bits per heavy atom. The van der Waals surface area contributed by atoms with Crippen molar-refractivity contribution in [1.82, 2.24) is 15.5 Å². The lowest BCUT2D eigenvalue weighted by molar-refractivity contribution is 0.393. The topological polar surface area (TPSA) is 51.0 Å². The Morgan fingerprint density at radius 2 is 2.41 bits per heavy atom. The quantitative estimate of drug-likeness (QED) is 0.888. The Hall–Kier alpha value is -1.20. The number of thiophene rings is 1. The second-order valence-electron chi connectivity index (χ2n) is 4.41. The van der Waals surface area contributed by atoms with Crippen molar-refractivity contribution >= 4 is 11.3 Å². The van der Waals surface area contributed by atoms with Crippen LogP contribution < -0.4 is 5.32 Å². The number of aromatic nitrogens is 2. The van der Waals surface area contributed by atoms with E-state index in [-0.39, 0.29) is 0 Å². The minimum Gasteiger partial charge on any atom is -0.333 e. The van der Waals surface area contributed by atoms with Crippen LogP contribution in [0.15, 0.2) is 16.7 Å². The van der Waals surface area contributed by atoms with E-state index in [1.165, 1.54) is 11.3 Å². The number of rotatable bonds is 2. The molecule has 2 aromatic heterocycles. The third-order valence-electron chi connectivity index (χ3n) is 3.05. The van der Waals surface area contributed by atoms with Gasteiger partial charge in [-0.1, -0.05) is 5.16 Å². The Morgan fingerprint density at radius 3 is 3.12 bits per heavy atom. The van der Waals surface area contributed by atoms with Gasteiger partial charge in [0, 0.05) is 17.3 Å². The zero-order chi connectivity index (χ0) is 11.7. The van der Waals surface area contributed by atoms with Crippen LogP contribution >= 0.6 is 11.3 Å². The lowest BCUT2D eigenvalue weighted by Gasteiger charge is -2.19. The molecule has 1 saturated heterocycles. The van der Waals surface area contributed by atoms with E-state index in [0.29, 0.717) is 11.8 Å². The summed E-state index contributed by atoms with van der Waals surface area (Å²) in [6.45, 7) is 4.14. The van der Waals surface area contributed by atoms with E-state index in [9.17, 15) is 0 Å². The number of piperidine rings is 1. The minimum atomic E-state index is 0.405. The van der Waals surface area contributed by atoms with Gasteiger partial charge >= 0.3 is 0 Å². The first-order valence-electron chi connectivity index (χ1n) is 5.94. The number of hydrogen-bond acceptors (Lipinski definition) is 5. The first kappa shape index (κ1) is 10.9. The van der Waals surface area contributed by atoms with Gasteiger partial charge in [-0.05, 0) is 38.4 Å². The fourth-order valence-electron chi connectivity index (χ4n) is 2.12. The van der Waals surface area contributed by atoms with E-state index in [1.807, 2.05) is 6.07 Å². The van der Waals surface area contributed by atoms with Crippen LogP contribution in [0, 0.1) is 6.92 Å². The number of hydrogen-bond donors (Lipinski definition) is 1. The highest BCUT2D eigenvalue weighted by atomic mass is 32.1.